The lowest BCUT2D eigenvalue weighted by molar-refractivity contribution is 0.248. The lowest BCUT2D eigenvalue weighted by Gasteiger charge is -2.36. The number of hydrogen-bond donors (Lipinski definition) is 2. The Kier molecular flexibility index (Phi) is 7.12. The third-order valence-electron chi connectivity index (χ3n) is 7.44. The number of hydrogen-bond acceptors (Lipinski definition) is 12. The first kappa shape index (κ1) is 26.4. The van der Waals surface area contributed by atoms with E-state index in [9.17, 15) is 4.79 Å². The maximum Gasteiger partial charge on any atom is 0.309 e. The molecule has 0 saturated carbocycles. The molecule has 0 radical (unpaired) electrons. The predicted molar refractivity (Wildman–Crippen MR) is 158 cm³/mol. The van der Waals surface area contributed by atoms with Crippen molar-refractivity contribution in [2.24, 2.45) is 0 Å². The van der Waals surface area contributed by atoms with Crippen molar-refractivity contribution in [1.82, 2.24) is 38.7 Å². The Balaban J connectivity index is 1.01. The highest BCUT2D eigenvalue weighted by atomic mass is 32.2. The van der Waals surface area contributed by atoms with E-state index in [0.717, 1.165) is 55.5 Å². The van der Waals surface area contributed by atoms with E-state index < -0.39 is 0 Å². The Morgan fingerprint density at radius 3 is 2.63 bits per heavy atom. The van der Waals surface area contributed by atoms with Crippen LogP contribution in [0.25, 0.3) is 27.6 Å². The Bertz CT molecular complexity index is 1740. The summed E-state index contributed by atoms with van der Waals surface area (Å²) in [6.45, 7) is 7.90. The number of nitrogens with two attached hydrogens (primary N) is 1. The van der Waals surface area contributed by atoms with Gasteiger partial charge in [0.05, 0.1) is 12.0 Å². The molecule has 2 aliphatic rings. The molecule has 3 N–H and O–H groups in total. The molecule has 2 fully saturated rings. The summed E-state index contributed by atoms with van der Waals surface area (Å²) in [5, 5.41) is 7.74. The third kappa shape index (κ3) is 5.19. The van der Waals surface area contributed by atoms with Gasteiger partial charge < -0.3 is 20.4 Å². The van der Waals surface area contributed by atoms with Crippen molar-refractivity contribution in [1.29, 1.82) is 0 Å². The van der Waals surface area contributed by atoms with Crippen LogP contribution in [0.15, 0.2) is 50.7 Å². The number of nitrogens with one attached hydrogen (secondary N) is 1. The van der Waals surface area contributed by atoms with Crippen LogP contribution in [0.4, 0.5) is 16.0 Å². The zero-order chi connectivity index (χ0) is 27.9. The molecule has 4 aromatic heterocycles. The predicted octanol–water partition coefficient (Wildman–Crippen LogP) is 2.22. The van der Waals surface area contributed by atoms with Crippen LogP contribution in [-0.4, -0.2) is 92.3 Å². The van der Waals surface area contributed by atoms with Crippen LogP contribution in [0, 0.1) is 5.82 Å². The molecule has 7 rings (SSSR count). The van der Waals surface area contributed by atoms with Gasteiger partial charge in [0, 0.05) is 70.3 Å². The normalized spacial score (nSPS) is 17.2. The number of thiazole rings is 1. The zero-order valence-electron chi connectivity index (χ0n) is 22.2. The standard InChI is InChI=1S/C26H29FN10O2S2/c27-18-16-17(41-35-7-5-29-6-8-35)3-4-19(18)34-12-9-33(10-13-34)11-14-36-23-21(40-26(36)38)24-30-22(20-2-1-15-39-20)32-37(24)25(28)31-23/h1-4,15-16,29H,5-14H2,(H2,28,31). The van der Waals surface area contributed by atoms with Gasteiger partial charge in [-0.1, -0.05) is 11.3 Å². The average molecular weight is 597 g/mol. The molecule has 0 aliphatic carbocycles. The number of anilines is 2. The molecule has 6 heterocycles. The Labute approximate surface area is 242 Å². The molecule has 1 aromatic carbocycles. The van der Waals surface area contributed by atoms with Crippen LogP contribution in [0.1, 0.15) is 0 Å². The lowest BCUT2D eigenvalue weighted by Crippen LogP contribution is -2.47. The highest BCUT2D eigenvalue weighted by Crippen LogP contribution is 2.29. The molecule has 214 valence electrons. The van der Waals surface area contributed by atoms with Gasteiger partial charge in [0.1, 0.15) is 10.5 Å². The summed E-state index contributed by atoms with van der Waals surface area (Å²) in [5.74, 6) is 0.855. The molecular weight excluding hydrogens is 567 g/mol. The molecule has 5 aromatic rings. The summed E-state index contributed by atoms with van der Waals surface area (Å²) < 4.78 is 26.5. The van der Waals surface area contributed by atoms with E-state index in [1.165, 1.54) is 4.52 Å². The highest BCUT2D eigenvalue weighted by molar-refractivity contribution is 7.97. The molecule has 0 spiro atoms. The quantitative estimate of drug-likeness (QED) is 0.269. The molecule has 0 atom stereocenters. The van der Waals surface area contributed by atoms with E-state index in [4.69, 9.17) is 10.2 Å². The molecule has 2 aliphatic heterocycles. The van der Waals surface area contributed by atoms with Gasteiger partial charge in [-0.15, -0.1) is 5.10 Å². The number of rotatable bonds is 7. The second-order valence-electron chi connectivity index (χ2n) is 10.0. The second-order valence-corrected chi connectivity index (χ2v) is 12.1. The summed E-state index contributed by atoms with van der Waals surface area (Å²) in [6, 6.07) is 9.07. The SMILES string of the molecule is Nc1nc2c(sc(=O)n2CCN2CCN(c3ccc(SN4CCNCC4)cc3F)CC2)c2nc(-c3ccco3)nn12. The fourth-order valence-electron chi connectivity index (χ4n) is 5.28. The number of nitrogens with zero attached hydrogens (tertiary/aromatic N) is 8. The summed E-state index contributed by atoms with van der Waals surface area (Å²) in [6.07, 6.45) is 1.55. The van der Waals surface area contributed by atoms with E-state index >= 15 is 4.39 Å². The number of piperazine rings is 2. The molecular formula is C26H29FN10O2S2. The van der Waals surface area contributed by atoms with Crippen molar-refractivity contribution in [3.8, 4) is 11.6 Å². The highest BCUT2D eigenvalue weighted by Gasteiger charge is 2.23. The van der Waals surface area contributed by atoms with E-state index in [1.54, 1.807) is 41.0 Å². The van der Waals surface area contributed by atoms with Crippen molar-refractivity contribution < 1.29 is 8.81 Å². The van der Waals surface area contributed by atoms with Crippen molar-refractivity contribution in [3.05, 3.63) is 52.1 Å². The Morgan fingerprint density at radius 1 is 1.05 bits per heavy atom. The van der Waals surface area contributed by atoms with Crippen LogP contribution in [-0.2, 0) is 6.54 Å². The molecule has 0 unspecified atom stereocenters. The number of nitrogen functional groups attached to an aromatic ring is 1. The van der Waals surface area contributed by atoms with E-state index in [2.05, 4.69) is 34.5 Å². The maximum atomic E-state index is 15.1. The third-order valence-corrected chi connectivity index (χ3v) is 9.49. The maximum absolute atomic E-state index is 15.1. The largest absolute Gasteiger partial charge is 0.461 e. The second kappa shape index (κ2) is 11.1. The van der Waals surface area contributed by atoms with Crippen molar-refractivity contribution in [2.75, 3.05) is 69.5 Å². The van der Waals surface area contributed by atoms with Gasteiger partial charge in [-0.2, -0.15) is 9.50 Å². The summed E-state index contributed by atoms with van der Waals surface area (Å²) in [5.41, 5.74) is 7.82. The van der Waals surface area contributed by atoms with Crippen LogP contribution >= 0.6 is 23.3 Å². The number of fused-ring (bicyclic) bond motifs is 3. The van der Waals surface area contributed by atoms with E-state index in [1.807, 2.05) is 12.1 Å². The number of furan rings is 1. The molecule has 0 bridgehead atoms. The van der Waals surface area contributed by atoms with Gasteiger partial charge in [0.2, 0.25) is 11.8 Å². The Morgan fingerprint density at radius 2 is 1.88 bits per heavy atom. The summed E-state index contributed by atoms with van der Waals surface area (Å²) in [4.78, 5) is 27.2. The first-order chi connectivity index (χ1) is 20.0. The lowest BCUT2D eigenvalue weighted by atomic mass is 10.2. The van der Waals surface area contributed by atoms with Crippen molar-refractivity contribution >= 4 is 50.9 Å². The van der Waals surface area contributed by atoms with Gasteiger partial charge in [-0.3, -0.25) is 14.3 Å². The first-order valence-corrected chi connectivity index (χ1v) is 15.1. The minimum Gasteiger partial charge on any atom is -0.461 e. The topological polar surface area (TPSA) is 126 Å². The van der Waals surface area contributed by atoms with Gasteiger partial charge in [-0.25, -0.2) is 13.7 Å². The number of halogens is 1. The van der Waals surface area contributed by atoms with Crippen molar-refractivity contribution in [2.45, 2.75) is 11.4 Å². The van der Waals surface area contributed by atoms with Crippen molar-refractivity contribution in [3.63, 3.8) is 0 Å². The fraction of sp³-hybridized carbons (Fsp3) is 0.385. The minimum absolute atomic E-state index is 0.123. The minimum atomic E-state index is -0.187. The summed E-state index contributed by atoms with van der Waals surface area (Å²) >= 11 is 2.70. The van der Waals surface area contributed by atoms with E-state index in [0.29, 0.717) is 59.4 Å². The molecule has 2 saturated heterocycles. The number of benzene rings is 1. The van der Waals surface area contributed by atoms with Crippen LogP contribution in [0.2, 0.25) is 0 Å². The van der Waals surface area contributed by atoms with Gasteiger partial charge in [-0.05, 0) is 42.3 Å². The fourth-order valence-corrected chi connectivity index (χ4v) is 7.16. The van der Waals surface area contributed by atoms with Crippen LogP contribution in [0.5, 0.6) is 0 Å². The molecule has 41 heavy (non-hydrogen) atoms. The number of aromatic nitrogens is 5. The molecule has 15 heteroatoms. The van der Waals surface area contributed by atoms with Gasteiger partial charge >= 0.3 is 4.87 Å². The van der Waals surface area contributed by atoms with E-state index in [-0.39, 0.29) is 16.6 Å². The van der Waals surface area contributed by atoms with Gasteiger partial charge in [0.15, 0.2) is 17.1 Å². The summed E-state index contributed by atoms with van der Waals surface area (Å²) in [7, 11) is 0. The molecule has 12 nitrogen and oxygen atoms in total. The average Bonchev–Trinajstić information content (AvgIpc) is 3.73. The Hall–Kier alpha value is -3.50. The monoisotopic (exact) mass is 596 g/mol. The van der Waals surface area contributed by atoms with Gasteiger partial charge in [0.25, 0.3) is 0 Å². The smallest absolute Gasteiger partial charge is 0.309 e. The molecule has 0 amide bonds. The zero-order valence-corrected chi connectivity index (χ0v) is 23.8. The first-order valence-electron chi connectivity index (χ1n) is 13.5. The van der Waals surface area contributed by atoms with Crippen LogP contribution < -0.4 is 20.8 Å². The van der Waals surface area contributed by atoms with Crippen LogP contribution in [0.3, 0.4) is 0 Å².